The minimum Gasteiger partial charge on any atom is -0.497 e. The lowest BCUT2D eigenvalue weighted by molar-refractivity contribution is 0.0474. The smallest absolute Gasteiger partial charge is 0.118 e. The molecule has 1 heterocycles. The van der Waals surface area contributed by atoms with Crippen molar-refractivity contribution in [3.05, 3.63) is 24.3 Å². The van der Waals surface area contributed by atoms with Crippen molar-refractivity contribution in [1.29, 1.82) is 0 Å². The van der Waals surface area contributed by atoms with E-state index in [1.54, 1.807) is 7.11 Å². The van der Waals surface area contributed by atoms with Gasteiger partial charge in [0.2, 0.25) is 0 Å². The standard InChI is InChI=1S/C12H17NO2S/c1-14-11-2-4-12(5-3-11)16-10-13-6-8-15-9-7-13/h2-5H,6-10H2,1H3. The summed E-state index contributed by atoms with van der Waals surface area (Å²) >= 11 is 1.86. The van der Waals surface area contributed by atoms with Crippen LogP contribution < -0.4 is 4.74 Å². The third-order valence-electron chi connectivity index (χ3n) is 2.58. The Morgan fingerprint density at radius 3 is 2.56 bits per heavy atom. The van der Waals surface area contributed by atoms with Crippen LogP contribution in [0.25, 0.3) is 0 Å². The summed E-state index contributed by atoms with van der Waals surface area (Å²) in [6, 6.07) is 8.21. The molecule has 1 aromatic rings. The highest BCUT2D eigenvalue weighted by Gasteiger charge is 2.09. The number of hydrogen-bond donors (Lipinski definition) is 0. The second kappa shape index (κ2) is 6.13. The zero-order valence-corrected chi connectivity index (χ0v) is 10.3. The Hall–Kier alpha value is -0.710. The maximum atomic E-state index is 5.31. The van der Waals surface area contributed by atoms with Gasteiger partial charge in [-0.3, -0.25) is 4.90 Å². The normalized spacial score (nSPS) is 17.3. The van der Waals surface area contributed by atoms with Crippen molar-refractivity contribution in [2.45, 2.75) is 4.90 Å². The summed E-state index contributed by atoms with van der Waals surface area (Å²) in [7, 11) is 1.69. The highest BCUT2D eigenvalue weighted by molar-refractivity contribution is 7.99. The number of morpholine rings is 1. The van der Waals surface area contributed by atoms with Gasteiger partial charge in [-0.25, -0.2) is 0 Å². The van der Waals surface area contributed by atoms with Gasteiger partial charge in [-0.2, -0.15) is 0 Å². The van der Waals surface area contributed by atoms with Crippen LogP contribution in [0.4, 0.5) is 0 Å². The summed E-state index contributed by atoms with van der Waals surface area (Å²) in [5, 5.41) is 0. The number of ether oxygens (including phenoxy) is 2. The Morgan fingerprint density at radius 2 is 1.94 bits per heavy atom. The highest BCUT2D eigenvalue weighted by Crippen LogP contribution is 2.22. The number of benzene rings is 1. The van der Waals surface area contributed by atoms with Gasteiger partial charge in [-0.15, -0.1) is 11.8 Å². The molecule has 16 heavy (non-hydrogen) atoms. The maximum absolute atomic E-state index is 5.31. The molecule has 1 saturated heterocycles. The van der Waals surface area contributed by atoms with E-state index in [1.807, 2.05) is 23.9 Å². The second-order valence-electron chi connectivity index (χ2n) is 3.68. The first kappa shape index (κ1) is 11.8. The molecule has 0 amide bonds. The molecular weight excluding hydrogens is 222 g/mol. The average Bonchev–Trinajstić information content (AvgIpc) is 2.38. The molecule has 0 radical (unpaired) electrons. The SMILES string of the molecule is COc1ccc(SCN2CCOCC2)cc1. The van der Waals surface area contributed by atoms with Crippen molar-refractivity contribution in [2.75, 3.05) is 39.3 Å². The van der Waals surface area contributed by atoms with E-state index in [9.17, 15) is 0 Å². The predicted molar refractivity (Wildman–Crippen MR) is 66.1 cm³/mol. The molecule has 0 spiro atoms. The number of rotatable bonds is 4. The van der Waals surface area contributed by atoms with Gasteiger partial charge in [0.05, 0.1) is 20.3 Å². The molecular formula is C12H17NO2S. The first-order chi connectivity index (χ1) is 7.88. The number of hydrogen-bond acceptors (Lipinski definition) is 4. The minimum absolute atomic E-state index is 0.864. The fraction of sp³-hybridized carbons (Fsp3) is 0.500. The minimum atomic E-state index is 0.864. The fourth-order valence-electron chi connectivity index (χ4n) is 1.57. The molecule has 0 unspecified atom stereocenters. The lowest BCUT2D eigenvalue weighted by Gasteiger charge is -2.25. The first-order valence-electron chi connectivity index (χ1n) is 5.45. The van der Waals surface area contributed by atoms with E-state index < -0.39 is 0 Å². The lowest BCUT2D eigenvalue weighted by atomic mass is 10.3. The third kappa shape index (κ3) is 3.40. The molecule has 0 bridgehead atoms. The summed E-state index contributed by atoms with van der Waals surface area (Å²) in [5.74, 6) is 1.95. The van der Waals surface area contributed by atoms with Gasteiger partial charge in [-0.1, -0.05) is 0 Å². The van der Waals surface area contributed by atoms with Gasteiger partial charge in [0.15, 0.2) is 0 Å². The Balaban J connectivity index is 1.79. The Morgan fingerprint density at radius 1 is 1.25 bits per heavy atom. The van der Waals surface area contributed by atoms with Gasteiger partial charge in [0.1, 0.15) is 5.75 Å². The molecule has 0 atom stereocenters. The largest absolute Gasteiger partial charge is 0.497 e. The fourth-order valence-corrected chi connectivity index (χ4v) is 2.49. The van der Waals surface area contributed by atoms with Gasteiger partial charge < -0.3 is 9.47 Å². The molecule has 1 aromatic carbocycles. The molecule has 1 aliphatic heterocycles. The number of nitrogens with zero attached hydrogens (tertiary/aromatic N) is 1. The quantitative estimate of drug-likeness (QED) is 0.750. The molecule has 88 valence electrons. The number of methoxy groups -OCH3 is 1. The van der Waals surface area contributed by atoms with Crippen LogP contribution in [-0.2, 0) is 4.74 Å². The van der Waals surface area contributed by atoms with Crippen LogP contribution in [0.5, 0.6) is 5.75 Å². The van der Waals surface area contributed by atoms with E-state index in [0.29, 0.717) is 0 Å². The van der Waals surface area contributed by atoms with Crippen molar-refractivity contribution in [3.8, 4) is 5.75 Å². The Labute approximate surface area is 101 Å². The summed E-state index contributed by atoms with van der Waals surface area (Å²) < 4.78 is 10.4. The van der Waals surface area contributed by atoms with Crippen molar-refractivity contribution in [2.24, 2.45) is 0 Å². The molecule has 1 aliphatic rings. The van der Waals surface area contributed by atoms with E-state index in [4.69, 9.17) is 9.47 Å². The Bertz CT molecular complexity index is 309. The van der Waals surface area contributed by atoms with Crippen LogP contribution >= 0.6 is 11.8 Å². The Kier molecular flexibility index (Phi) is 4.51. The van der Waals surface area contributed by atoms with Crippen LogP contribution in [0.15, 0.2) is 29.2 Å². The van der Waals surface area contributed by atoms with Gasteiger partial charge >= 0.3 is 0 Å². The van der Waals surface area contributed by atoms with E-state index in [1.165, 1.54) is 4.90 Å². The third-order valence-corrected chi connectivity index (χ3v) is 3.68. The summed E-state index contributed by atoms with van der Waals surface area (Å²) in [6.45, 7) is 3.82. The van der Waals surface area contributed by atoms with Crippen LogP contribution in [0, 0.1) is 0 Å². The zero-order valence-electron chi connectivity index (χ0n) is 9.52. The van der Waals surface area contributed by atoms with Crippen molar-refractivity contribution in [3.63, 3.8) is 0 Å². The van der Waals surface area contributed by atoms with Crippen molar-refractivity contribution >= 4 is 11.8 Å². The van der Waals surface area contributed by atoms with Gasteiger partial charge in [0, 0.05) is 23.9 Å². The average molecular weight is 239 g/mol. The lowest BCUT2D eigenvalue weighted by Crippen LogP contribution is -2.35. The molecule has 0 saturated carbocycles. The van der Waals surface area contributed by atoms with E-state index >= 15 is 0 Å². The molecule has 1 fully saturated rings. The van der Waals surface area contributed by atoms with Crippen LogP contribution in [0.2, 0.25) is 0 Å². The van der Waals surface area contributed by atoms with Gasteiger partial charge in [0.25, 0.3) is 0 Å². The molecule has 4 heteroatoms. The molecule has 3 nitrogen and oxygen atoms in total. The monoisotopic (exact) mass is 239 g/mol. The summed E-state index contributed by atoms with van der Waals surface area (Å²) in [5.41, 5.74) is 0. The van der Waals surface area contributed by atoms with Crippen LogP contribution in [-0.4, -0.2) is 44.2 Å². The highest BCUT2D eigenvalue weighted by atomic mass is 32.2. The first-order valence-corrected chi connectivity index (χ1v) is 6.44. The van der Waals surface area contributed by atoms with E-state index in [-0.39, 0.29) is 0 Å². The molecule has 0 aliphatic carbocycles. The van der Waals surface area contributed by atoms with Crippen molar-refractivity contribution in [1.82, 2.24) is 4.90 Å². The molecule has 0 N–H and O–H groups in total. The number of thioether (sulfide) groups is 1. The maximum Gasteiger partial charge on any atom is 0.118 e. The van der Waals surface area contributed by atoms with Crippen molar-refractivity contribution < 1.29 is 9.47 Å². The summed E-state index contributed by atoms with van der Waals surface area (Å²) in [4.78, 5) is 3.70. The predicted octanol–water partition coefficient (Wildman–Crippen LogP) is 2.08. The summed E-state index contributed by atoms with van der Waals surface area (Å²) in [6.07, 6.45) is 0. The second-order valence-corrected chi connectivity index (χ2v) is 4.70. The van der Waals surface area contributed by atoms with Crippen LogP contribution in [0.1, 0.15) is 0 Å². The molecule has 0 aromatic heterocycles. The van der Waals surface area contributed by atoms with Gasteiger partial charge in [-0.05, 0) is 24.3 Å². The topological polar surface area (TPSA) is 21.7 Å². The van der Waals surface area contributed by atoms with E-state index in [2.05, 4.69) is 17.0 Å². The zero-order chi connectivity index (χ0) is 11.2. The van der Waals surface area contributed by atoms with Crippen LogP contribution in [0.3, 0.4) is 0 Å². The van der Waals surface area contributed by atoms with E-state index in [0.717, 1.165) is 37.9 Å². The molecule has 2 rings (SSSR count).